The van der Waals surface area contributed by atoms with Crippen LogP contribution in [0.4, 0.5) is 0 Å². The van der Waals surface area contributed by atoms with Gasteiger partial charge in [0.05, 0.1) is 25.9 Å². The number of benzene rings is 1. The lowest BCUT2D eigenvalue weighted by molar-refractivity contribution is -0.698. The topological polar surface area (TPSA) is 114 Å². The van der Waals surface area contributed by atoms with E-state index in [2.05, 4.69) is 4.98 Å². The number of ether oxygens (including phenoxy) is 3. The summed E-state index contributed by atoms with van der Waals surface area (Å²) in [5.74, 6) is -0.673. The number of methoxy groups -OCH3 is 1. The third-order valence-corrected chi connectivity index (χ3v) is 8.25. The fraction of sp³-hybridized carbons (Fsp3) is 0.357. The maximum atomic E-state index is 12.6. The Balaban J connectivity index is 1.85. The van der Waals surface area contributed by atoms with Crippen LogP contribution in [0, 0.1) is 6.92 Å². The normalized spacial score (nSPS) is 11.8. The van der Waals surface area contributed by atoms with Gasteiger partial charge < -0.3 is 23.3 Å². The molecule has 2 heterocycles. The molecule has 0 aliphatic carbocycles. The number of hydrogen-bond acceptors (Lipinski definition) is 10. The van der Waals surface area contributed by atoms with Crippen molar-refractivity contribution in [2.75, 3.05) is 33.1 Å². The molecule has 0 radical (unpaired) electrons. The van der Waals surface area contributed by atoms with Gasteiger partial charge in [0, 0.05) is 28.8 Å². The Kier molecular flexibility index (Phi) is 12.0. The van der Waals surface area contributed by atoms with Gasteiger partial charge in [-0.3, -0.25) is 9.36 Å². The third-order valence-electron chi connectivity index (χ3n) is 5.36. The molecule has 3 aromatic rings. The number of carbonyl (C=O) groups excluding carboxylic acids is 2. The Hall–Kier alpha value is -3.37. The van der Waals surface area contributed by atoms with Crippen LogP contribution < -0.4 is 9.30 Å². The van der Waals surface area contributed by atoms with Crippen molar-refractivity contribution in [1.82, 2.24) is 4.98 Å². The molecule has 0 spiro atoms. The molecule has 0 saturated carbocycles. The molecule has 0 atom stereocenters. The summed E-state index contributed by atoms with van der Waals surface area (Å²) in [6.45, 7) is 6.17. The Morgan fingerprint density at radius 2 is 1.82 bits per heavy atom. The first kappa shape index (κ1) is 31.2. The lowest BCUT2D eigenvalue weighted by atomic mass is 10.1. The van der Waals surface area contributed by atoms with Crippen molar-refractivity contribution in [2.45, 2.75) is 33.9 Å². The van der Waals surface area contributed by atoms with Gasteiger partial charge in [-0.05, 0) is 26.3 Å². The van der Waals surface area contributed by atoms with E-state index in [0.29, 0.717) is 28.5 Å². The summed E-state index contributed by atoms with van der Waals surface area (Å²) < 4.78 is 41.1. The zero-order chi connectivity index (χ0) is 29.0. The highest BCUT2D eigenvalue weighted by atomic mass is 32.1. The highest BCUT2D eigenvalue weighted by Gasteiger charge is 2.29. The molecule has 0 aliphatic heterocycles. The monoisotopic (exact) mass is 589 g/mol. The van der Waals surface area contributed by atoms with Crippen LogP contribution >= 0.6 is 18.9 Å². The van der Waals surface area contributed by atoms with Gasteiger partial charge in [0.1, 0.15) is 17.8 Å². The maximum Gasteiger partial charge on any atom is 0.341 e. The van der Waals surface area contributed by atoms with Crippen LogP contribution in [0.5, 0.6) is 5.75 Å². The second-order valence-electron chi connectivity index (χ2n) is 8.45. The Morgan fingerprint density at radius 1 is 1.10 bits per heavy atom. The van der Waals surface area contributed by atoms with Crippen molar-refractivity contribution < 1.29 is 42.0 Å². The minimum atomic E-state index is -3.56. The molecule has 0 unspecified atom stereocenters. The van der Waals surface area contributed by atoms with E-state index in [4.69, 9.17) is 23.3 Å². The van der Waals surface area contributed by atoms with Crippen LogP contribution in [0.15, 0.2) is 61.1 Å². The van der Waals surface area contributed by atoms with E-state index in [9.17, 15) is 14.2 Å². The predicted octanol–water partition coefficient (Wildman–Crippen LogP) is 4.73. The molecule has 0 fully saturated rings. The number of nitrogens with zero attached hydrogens (tertiary/aromatic N) is 2. The third kappa shape index (κ3) is 9.67. The molecule has 0 amide bonds. The molecule has 10 nitrogen and oxygen atoms in total. The van der Waals surface area contributed by atoms with Gasteiger partial charge >= 0.3 is 19.5 Å². The SMILES string of the molecule is CCOP(=O)(CC(=O)OCC[n+]1cc(OCc2ccccc2)cc(C(=CC(=O)OC)c2ncc(C)s2)c1)OCC. The van der Waals surface area contributed by atoms with Gasteiger partial charge in [0.2, 0.25) is 6.20 Å². The fourth-order valence-electron chi connectivity index (χ4n) is 3.62. The van der Waals surface area contributed by atoms with Crippen LogP contribution in [-0.2, 0) is 45.8 Å². The molecule has 12 heteroatoms. The molecule has 0 aliphatic rings. The van der Waals surface area contributed by atoms with Gasteiger partial charge in [0.15, 0.2) is 25.1 Å². The number of thiazole rings is 1. The van der Waals surface area contributed by atoms with Crippen molar-refractivity contribution in [2.24, 2.45) is 0 Å². The van der Waals surface area contributed by atoms with Gasteiger partial charge in [-0.1, -0.05) is 30.3 Å². The highest BCUT2D eigenvalue weighted by Crippen LogP contribution is 2.47. The van der Waals surface area contributed by atoms with E-state index in [0.717, 1.165) is 10.4 Å². The maximum absolute atomic E-state index is 12.6. The standard InChI is InChI=1S/C28H34N2O8PS/c1-5-37-39(33,38-6-2)20-27(32)35-13-12-30-17-23(14-24(18-30)36-19-22-10-8-7-9-11-22)25(15-26(31)34-4)28-29-16-21(3)40-28/h7-11,14-18H,5-6,12-13,19-20H2,1-4H3/q+1. The largest absolute Gasteiger partial charge is 0.483 e. The summed E-state index contributed by atoms with van der Waals surface area (Å²) >= 11 is 1.44. The minimum absolute atomic E-state index is 0.00423. The first-order valence-electron chi connectivity index (χ1n) is 12.7. The summed E-state index contributed by atoms with van der Waals surface area (Å²) in [7, 11) is -2.25. The van der Waals surface area contributed by atoms with Crippen LogP contribution in [0.1, 0.15) is 34.9 Å². The van der Waals surface area contributed by atoms with E-state index >= 15 is 0 Å². The summed E-state index contributed by atoms with van der Waals surface area (Å²) in [5.41, 5.74) is 2.21. The van der Waals surface area contributed by atoms with E-state index in [1.807, 2.05) is 43.3 Å². The Morgan fingerprint density at radius 3 is 2.45 bits per heavy atom. The average Bonchev–Trinajstić information content (AvgIpc) is 3.36. The zero-order valence-electron chi connectivity index (χ0n) is 23.0. The van der Waals surface area contributed by atoms with Crippen molar-refractivity contribution in [1.29, 1.82) is 0 Å². The average molecular weight is 590 g/mol. The fourth-order valence-corrected chi connectivity index (χ4v) is 5.87. The number of hydrogen-bond donors (Lipinski definition) is 0. The van der Waals surface area contributed by atoms with Crippen LogP contribution in [0.25, 0.3) is 5.57 Å². The molecule has 0 N–H and O–H groups in total. The van der Waals surface area contributed by atoms with Gasteiger partial charge in [-0.2, -0.15) is 4.57 Å². The quantitative estimate of drug-likeness (QED) is 0.107. The number of rotatable bonds is 15. The molecule has 1 aromatic carbocycles. The van der Waals surface area contributed by atoms with E-state index < -0.39 is 25.7 Å². The van der Waals surface area contributed by atoms with Crippen molar-refractivity contribution in [3.05, 3.63) is 82.1 Å². The van der Waals surface area contributed by atoms with E-state index in [1.165, 1.54) is 24.5 Å². The number of pyridine rings is 1. The van der Waals surface area contributed by atoms with Crippen molar-refractivity contribution >= 4 is 36.4 Å². The van der Waals surface area contributed by atoms with Crippen molar-refractivity contribution in [3.8, 4) is 5.75 Å². The van der Waals surface area contributed by atoms with Crippen LogP contribution in [0.2, 0.25) is 0 Å². The minimum Gasteiger partial charge on any atom is -0.483 e. The first-order chi connectivity index (χ1) is 19.2. The summed E-state index contributed by atoms with van der Waals surface area (Å²) in [6, 6.07) is 11.5. The smallest absolute Gasteiger partial charge is 0.341 e. The van der Waals surface area contributed by atoms with Crippen molar-refractivity contribution in [3.63, 3.8) is 0 Å². The molecule has 0 bridgehead atoms. The Labute approximate surface area is 238 Å². The molecule has 3 rings (SSSR count). The second kappa shape index (κ2) is 15.4. The molecule has 40 heavy (non-hydrogen) atoms. The molecule has 214 valence electrons. The molecular weight excluding hydrogens is 555 g/mol. The molecule has 0 saturated heterocycles. The molecule has 2 aromatic heterocycles. The van der Waals surface area contributed by atoms with E-state index in [1.54, 1.807) is 37.0 Å². The summed E-state index contributed by atoms with van der Waals surface area (Å²) in [4.78, 5) is 30.1. The first-order valence-corrected chi connectivity index (χ1v) is 15.3. The lowest BCUT2D eigenvalue weighted by Gasteiger charge is -2.15. The predicted molar refractivity (Wildman–Crippen MR) is 150 cm³/mol. The van der Waals surface area contributed by atoms with Gasteiger partial charge in [-0.15, -0.1) is 11.3 Å². The molecular formula is C28H34N2O8PS+. The lowest BCUT2D eigenvalue weighted by Crippen LogP contribution is -2.36. The van der Waals surface area contributed by atoms with Gasteiger partial charge in [-0.25, -0.2) is 9.78 Å². The summed E-state index contributed by atoms with van der Waals surface area (Å²) in [5, 5.41) is 0.642. The van der Waals surface area contributed by atoms with E-state index in [-0.39, 0.29) is 26.4 Å². The van der Waals surface area contributed by atoms with Gasteiger partial charge in [0.25, 0.3) is 0 Å². The zero-order valence-corrected chi connectivity index (χ0v) is 24.7. The van der Waals surface area contributed by atoms with Crippen LogP contribution in [0.3, 0.4) is 0 Å². The summed E-state index contributed by atoms with van der Waals surface area (Å²) in [6.07, 6.45) is 6.23. The number of aryl methyl sites for hydroxylation is 1. The second-order valence-corrected chi connectivity index (χ2v) is 11.7. The Bertz CT molecular complexity index is 1350. The van der Waals surface area contributed by atoms with Crippen LogP contribution in [-0.4, -0.2) is 50.0 Å². The number of carbonyl (C=O) groups is 2. The number of aromatic nitrogens is 2. The highest BCUT2D eigenvalue weighted by molar-refractivity contribution is 7.54. The number of esters is 2.